The van der Waals surface area contributed by atoms with E-state index in [0.29, 0.717) is 12.2 Å². The fraction of sp³-hybridized carbons (Fsp3) is 0.182. The summed E-state index contributed by atoms with van der Waals surface area (Å²) in [7, 11) is 0. The van der Waals surface area contributed by atoms with Crippen LogP contribution in [0.4, 0.5) is 0 Å². The van der Waals surface area contributed by atoms with Crippen LogP contribution >= 0.6 is 0 Å². The third-order valence-electron chi connectivity index (χ3n) is 3.59. The first-order chi connectivity index (χ1) is 12.7. The summed E-state index contributed by atoms with van der Waals surface area (Å²) in [5.41, 5.74) is 1.59. The number of hydrogen-bond donors (Lipinski definition) is 1. The SMILES string of the molecule is CCCCOC(=O)/C(=C\C=C\c1ccccc1)NC(=O)c1ccccc1. The van der Waals surface area contributed by atoms with Crippen LogP contribution in [0.25, 0.3) is 6.08 Å². The molecule has 2 aromatic carbocycles. The zero-order valence-electron chi connectivity index (χ0n) is 14.9. The molecule has 1 N–H and O–H groups in total. The van der Waals surface area contributed by atoms with Gasteiger partial charge in [-0.15, -0.1) is 0 Å². The van der Waals surface area contributed by atoms with Crippen molar-refractivity contribution in [1.82, 2.24) is 5.32 Å². The standard InChI is InChI=1S/C22H23NO3/c1-2-3-17-26-22(25)20(16-10-13-18-11-6-4-7-12-18)23-21(24)19-14-8-5-9-15-19/h4-16H,2-3,17H2,1H3,(H,23,24)/b13-10+,20-16+. The van der Waals surface area contributed by atoms with Crippen LogP contribution in [-0.2, 0) is 9.53 Å². The van der Waals surface area contributed by atoms with Gasteiger partial charge in [0.05, 0.1) is 6.61 Å². The van der Waals surface area contributed by atoms with Crippen LogP contribution in [-0.4, -0.2) is 18.5 Å². The van der Waals surface area contributed by atoms with E-state index in [0.717, 1.165) is 18.4 Å². The van der Waals surface area contributed by atoms with Crippen molar-refractivity contribution in [2.24, 2.45) is 0 Å². The van der Waals surface area contributed by atoms with Gasteiger partial charge in [-0.05, 0) is 30.2 Å². The molecule has 0 heterocycles. The van der Waals surface area contributed by atoms with E-state index in [1.54, 1.807) is 36.4 Å². The zero-order valence-corrected chi connectivity index (χ0v) is 14.9. The van der Waals surface area contributed by atoms with E-state index in [9.17, 15) is 9.59 Å². The van der Waals surface area contributed by atoms with Crippen molar-refractivity contribution >= 4 is 18.0 Å². The number of rotatable bonds is 8. The van der Waals surface area contributed by atoms with E-state index < -0.39 is 5.97 Å². The Morgan fingerprint density at radius 3 is 2.31 bits per heavy atom. The van der Waals surface area contributed by atoms with Crippen LogP contribution in [0.2, 0.25) is 0 Å². The number of esters is 1. The molecular weight excluding hydrogens is 326 g/mol. The van der Waals surface area contributed by atoms with Gasteiger partial charge >= 0.3 is 5.97 Å². The van der Waals surface area contributed by atoms with Gasteiger partial charge in [-0.25, -0.2) is 4.79 Å². The molecule has 0 bridgehead atoms. The number of allylic oxidation sites excluding steroid dienone is 2. The molecule has 0 aliphatic carbocycles. The molecule has 0 aromatic heterocycles. The molecule has 0 unspecified atom stereocenters. The number of carbonyl (C=O) groups is 2. The maximum absolute atomic E-state index is 12.3. The summed E-state index contributed by atoms with van der Waals surface area (Å²) < 4.78 is 5.23. The number of benzene rings is 2. The maximum atomic E-state index is 12.3. The third kappa shape index (κ3) is 6.40. The summed E-state index contributed by atoms with van der Waals surface area (Å²) in [5.74, 6) is -0.891. The van der Waals surface area contributed by atoms with Crippen molar-refractivity contribution in [3.8, 4) is 0 Å². The molecule has 4 nitrogen and oxygen atoms in total. The monoisotopic (exact) mass is 349 g/mol. The Labute approximate surface area is 154 Å². The predicted octanol–water partition coefficient (Wildman–Crippen LogP) is 4.36. The van der Waals surface area contributed by atoms with E-state index in [-0.39, 0.29) is 11.6 Å². The zero-order chi connectivity index (χ0) is 18.6. The van der Waals surface area contributed by atoms with Crippen molar-refractivity contribution in [1.29, 1.82) is 0 Å². The maximum Gasteiger partial charge on any atom is 0.354 e. The molecule has 1 amide bonds. The molecule has 0 fully saturated rings. The summed E-state index contributed by atoms with van der Waals surface area (Å²) in [5, 5.41) is 2.64. The largest absolute Gasteiger partial charge is 0.461 e. The first-order valence-electron chi connectivity index (χ1n) is 8.67. The third-order valence-corrected chi connectivity index (χ3v) is 3.59. The van der Waals surface area contributed by atoms with Gasteiger partial charge in [-0.1, -0.05) is 74.0 Å². The molecule has 2 rings (SSSR count). The Hall–Kier alpha value is -3.14. The lowest BCUT2D eigenvalue weighted by Gasteiger charge is -2.09. The number of unbranched alkanes of at least 4 members (excludes halogenated alkanes) is 1. The first kappa shape index (κ1) is 19.2. The highest BCUT2D eigenvalue weighted by Gasteiger charge is 2.14. The summed E-state index contributed by atoms with van der Waals surface area (Å²) in [6, 6.07) is 18.4. The number of nitrogens with one attached hydrogen (secondary N) is 1. The van der Waals surface area contributed by atoms with Crippen LogP contribution in [0.1, 0.15) is 35.7 Å². The van der Waals surface area contributed by atoms with Gasteiger partial charge in [0.25, 0.3) is 5.91 Å². The van der Waals surface area contributed by atoms with Gasteiger partial charge in [0.1, 0.15) is 5.70 Å². The summed E-state index contributed by atoms with van der Waals surface area (Å²) >= 11 is 0. The van der Waals surface area contributed by atoms with Crippen LogP contribution in [0.3, 0.4) is 0 Å². The number of amides is 1. The Morgan fingerprint density at radius 2 is 1.65 bits per heavy atom. The minimum Gasteiger partial charge on any atom is -0.461 e. The van der Waals surface area contributed by atoms with E-state index in [1.807, 2.05) is 49.4 Å². The van der Waals surface area contributed by atoms with Crippen LogP contribution < -0.4 is 5.32 Å². The average molecular weight is 349 g/mol. The van der Waals surface area contributed by atoms with E-state index in [4.69, 9.17) is 4.74 Å². The van der Waals surface area contributed by atoms with Crippen LogP contribution in [0.5, 0.6) is 0 Å². The molecule has 0 spiro atoms. The lowest BCUT2D eigenvalue weighted by atomic mass is 10.2. The summed E-state index contributed by atoms with van der Waals surface area (Å²) in [6.07, 6.45) is 6.84. The normalized spacial score (nSPS) is 11.3. The molecule has 0 aliphatic rings. The Morgan fingerprint density at radius 1 is 1.00 bits per heavy atom. The molecule has 0 saturated carbocycles. The fourth-order valence-corrected chi connectivity index (χ4v) is 2.15. The van der Waals surface area contributed by atoms with Gasteiger partial charge in [-0.2, -0.15) is 0 Å². The fourth-order valence-electron chi connectivity index (χ4n) is 2.15. The highest BCUT2D eigenvalue weighted by Crippen LogP contribution is 2.05. The Balaban J connectivity index is 2.12. The molecule has 26 heavy (non-hydrogen) atoms. The lowest BCUT2D eigenvalue weighted by molar-refractivity contribution is -0.139. The van der Waals surface area contributed by atoms with Gasteiger partial charge in [0, 0.05) is 5.56 Å². The number of carbonyl (C=O) groups excluding carboxylic acids is 2. The van der Waals surface area contributed by atoms with E-state index >= 15 is 0 Å². The second-order valence-electron chi connectivity index (χ2n) is 5.66. The molecule has 0 aliphatic heterocycles. The van der Waals surface area contributed by atoms with Crippen molar-refractivity contribution in [3.05, 3.63) is 89.6 Å². The Kier molecular flexibility index (Phi) is 7.87. The van der Waals surface area contributed by atoms with Crippen molar-refractivity contribution < 1.29 is 14.3 Å². The topological polar surface area (TPSA) is 55.4 Å². The smallest absolute Gasteiger partial charge is 0.354 e. The highest BCUT2D eigenvalue weighted by atomic mass is 16.5. The van der Waals surface area contributed by atoms with Gasteiger partial charge in [0.15, 0.2) is 0 Å². The minimum atomic E-state index is -0.541. The second-order valence-corrected chi connectivity index (χ2v) is 5.66. The quantitative estimate of drug-likeness (QED) is 0.333. The second kappa shape index (κ2) is 10.7. The number of hydrogen-bond acceptors (Lipinski definition) is 3. The van der Waals surface area contributed by atoms with Gasteiger partial charge < -0.3 is 10.1 Å². The van der Waals surface area contributed by atoms with Gasteiger partial charge in [0.2, 0.25) is 0 Å². The van der Waals surface area contributed by atoms with Gasteiger partial charge in [-0.3, -0.25) is 4.79 Å². The van der Waals surface area contributed by atoms with E-state index in [2.05, 4.69) is 5.32 Å². The lowest BCUT2D eigenvalue weighted by Crippen LogP contribution is -2.28. The molecule has 0 saturated heterocycles. The molecule has 134 valence electrons. The minimum absolute atomic E-state index is 0.113. The predicted molar refractivity (Wildman–Crippen MR) is 103 cm³/mol. The van der Waals surface area contributed by atoms with Crippen LogP contribution in [0, 0.1) is 0 Å². The number of ether oxygens (including phenoxy) is 1. The molecular formula is C22H23NO3. The summed E-state index contributed by atoms with van der Waals surface area (Å²) in [4.78, 5) is 24.6. The molecule has 0 radical (unpaired) electrons. The van der Waals surface area contributed by atoms with Crippen LogP contribution in [0.15, 0.2) is 78.5 Å². The van der Waals surface area contributed by atoms with Crippen molar-refractivity contribution in [3.63, 3.8) is 0 Å². The average Bonchev–Trinajstić information content (AvgIpc) is 2.68. The first-order valence-corrected chi connectivity index (χ1v) is 8.67. The molecule has 2 aromatic rings. The van der Waals surface area contributed by atoms with Crippen molar-refractivity contribution in [2.75, 3.05) is 6.61 Å². The highest BCUT2D eigenvalue weighted by molar-refractivity contribution is 6.01. The molecule has 4 heteroatoms. The van der Waals surface area contributed by atoms with Crippen molar-refractivity contribution in [2.45, 2.75) is 19.8 Å². The summed E-state index contributed by atoms with van der Waals surface area (Å²) in [6.45, 7) is 2.35. The Bertz CT molecular complexity index is 764. The van der Waals surface area contributed by atoms with E-state index in [1.165, 1.54) is 0 Å². The molecule has 0 atom stereocenters.